The molecule has 0 bridgehead atoms. The van der Waals surface area contributed by atoms with Gasteiger partial charge >= 0.3 is 5.69 Å². The lowest BCUT2D eigenvalue weighted by atomic mass is 10.1. The van der Waals surface area contributed by atoms with E-state index in [0.29, 0.717) is 16.8 Å². The molecule has 3 rings (SSSR count). The molecule has 5 nitrogen and oxygen atoms in total. The predicted octanol–water partition coefficient (Wildman–Crippen LogP) is 2.72. The molecular formula is C19H20N2O3S. The molecule has 0 aliphatic rings. The molecule has 0 unspecified atom stereocenters. The Hall–Kier alpha value is -2.44. The molecule has 0 aliphatic heterocycles. The Morgan fingerprint density at radius 1 is 1.12 bits per heavy atom. The van der Waals surface area contributed by atoms with Gasteiger partial charge in [-0.1, -0.05) is 36.4 Å². The van der Waals surface area contributed by atoms with Crippen LogP contribution in [0.4, 0.5) is 0 Å². The number of rotatable bonds is 5. The summed E-state index contributed by atoms with van der Waals surface area (Å²) in [4.78, 5) is 26.8. The SMILES string of the molecule is CCn1c(=O)c2c(C)c(/C=C/c3ccccc3)sc2n(CCO)c1=O. The van der Waals surface area contributed by atoms with E-state index in [4.69, 9.17) is 0 Å². The second-order valence-electron chi connectivity index (χ2n) is 5.72. The molecule has 0 fully saturated rings. The van der Waals surface area contributed by atoms with E-state index in [-0.39, 0.29) is 24.4 Å². The van der Waals surface area contributed by atoms with Gasteiger partial charge in [-0.3, -0.25) is 13.9 Å². The van der Waals surface area contributed by atoms with E-state index >= 15 is 0 Å². The van der Waals surface area contributed by atoms with Crippen LogP contribution in [-0.4, -0.2) is 20.8 Å². The molecule has 2 heterocycles. The van der Waals surface area contributed by atoms with Crippen LogP contribution in [0.2, 0.25) is 0 Å². The number of hydrogen-bond donors (Lipinski definition) is 1. The monoisotopic (exact) mass is 356 g/mol. The van der Waals surface area contributed by atoms with Gasteiger partial charge in [-0.05, 0) is 31.1 Å². The molecule has 6 heteroatoms. The summed E-state index contributed by atoms with van der Waals surface area (Å²) in [6, 6.07) is 9.91. The third kappa shape index (κ3) is 3.10. The van der Waals surface area contributed by atoms with Gasteiger partial charge in [-0.15, -0.1) is 11.3 Å². The minimum absolute atomic E-state index is 0.150. The smallest absolute Gasteiger partial charge is 0.332 e. The first kappa shape index (κ1) is 17.4. The molecule has 2 aromatic heterocycles. The maximum absolute atomic E-state index is 12.7. The number of aliphatic hydroxyl groups excluding tert-OH is 1. The molecule has 3 aromatic rings. The number of hydrogen-bond acceptors (Lipinski definition) is 4. The fourth-order valence-electron chi connectivity index (χ4n) is 2.88. The average molecular weight is 356 g/mol. The van der Waals surface area contributed by atoms with Crippen LogP contribution in [-0.2, 0) is 13.1 Å². The fraction of sp³-hybridized carbons (Fsp3) is 0.263. The second kappa shape index (κ2) is 7.21. The lowest BCUT2D eigenvalue weighted by Gasteiger charge is -2.09. The Morgan fingerprint density at radius 2 is 1.84 bits per heavy atom. The maximum Gasteiger partial charge on any atom is 0.332 e. The maximum atomic E-state index is 12.7. The Kier molecular flexibility index (Phi) is 5.01. The zero-order chi connectivity index (χ0) is 18.0. The predicted molar refractivity (Wildman–Crippen MR) is 103 cm³/mol. The first-order valence-corrected chi connectivity index (χ1v) is 9.00. The van der Waals surface area contributed by atoms with Gasteiger partial charge in [0.1, 0.15) is 4.83 Å². The molecule has 0 amide bonds. The molecule has 0 spiro atoms. The summed E-state index contributed by atoms with van der Waals surface area (Å²) in [5.41, 5.74) is 1.31. The molecule has 25 heavy (non-hydrogen) atoms. The molecule has 130 valence electrons. The lowest BCUT2D eigenvalue weighted by Crippen LogP contribution is -2.39. The van der Waals surface area contributed by atoms with Crippen LogP contribution in [0.5, 0.6) is 0 Å². The number of fused-ring (bicyclic) bond motifs is 1. The fourth-order valence-corrected chi connectivity index (χ4v) is 4.10. The van der Waals surface area contributed by atoms with Gasteiger partial charge in [0.2, 0.25) is 0 Å². The number of nitrogens with zero attached hydrogens (tertiary/aromatic N) is 2. The van der Waals surface area contributed by atoms with Gasteiger partial charge in [0.05, 0.1) is 18.5 Å². The Balaban J connectivity index is 2.23. The quantitative estimate of drug-likeness (QED) is 0.764. The van der Waals surface area contributed by atoms with Crippen molar-refractivity contribution in [3.05, 3.63) is 67.2 Å². The van der Waals surface area contributed by atoms with Crippen molar-refractivity contribution in [2.24, 2.45) is 0 Å². The van der Waals surface area contributed by atoms with Gasteiger partial charge in [0, 0.05) is 11.4 Å². The normalized spacial score (nSPS) is 11.6. The van der Waals surface area contributed by atoms with Crippen LogP contribution in [0.1, 0.15) is 22.9 Å². The summed E-state index contributed by atoms with van der Waals surface area (Å²) in [6.07, 6.45) is 3.96. The van der Waals surface area contributed by atoms with E-state index in [2.05, 4.69) is 0 Å². The van der Waals surface area contributed by atoms with Crippen molar-refractivity contribution in [2.75, 3.05) is 6.61 Å². The molecule has 1 aromatic carbocycles. The summed E-state index contributed by atoms with van der Waals surface area (Å²) in [7, 11) is 0. The number of aromatic nitrogens is 2. The highest BCUT2D eigenvalue weighted by Gasteiger charge is 2.18. The standard InChI is InChI=1S/C19H20N2O3S/c1-3-20-17(23)16-13(2)15(10-9-14-7-5-4-6-8-14)25-18(16)21(11-12-22)19(20)24/h4-10,22H,3,11-12H2,1-2H3/b10-9+. The van der Waals surface area contributed by atoms with E-state index in [1.54, 1.807) is 6.92 Å². The lowest BCUT2D eigenvalue weighted by molar-refractivity contribution is 0.274. The zero-order valence-corrected chi connectivity index (χ0v) is 15.0. The molecule has 0 atom stereocenters. The Morgan fingerprint density at radius 3 is 2.48 bits per heavy atom. The van der Waals surface area contributed by atoms with Gasteiger partial charge in [-0.25, -0.2) is 4.79 Å². The highest BCUT2D eigenvalue weighted by Crippen LogP contribution is 2.29. The van der Waals surface area contributed by atoms with E-state index in [9.17, 15) is 14.7 Å². The highest BCUT2D eigenvalue weighted by molar-refractivity contribution is 7.19. The number of benzene rings is 1. The highest BCUT2D eigenvalue weighted by atomic mass is 32.1. The molecule has 0 radical (unpaired) electrons. The van der Waals surface area contributed by atoms with E-state index in [0.717, 1.165) is 16.0 Å². The first-order chi connectivity index (χ1) is 12.1. The first-order valence-electron chi connectivity index (χ1n) is 8.19. The summed E-state index contributed by atoms with van der Waals surface area (Å²) >= 11 is 1.41. The summed E-state index contributed by atoms with van der Waals surface area (Å²) in [5.74, 6) is 0. The van der Waals surface area contributed by atoms with E-state index in [1.165, 1.54) is 20.5 Å². The third-order valence-corrected chi connectivity index (χ3v) is 5.48. The summed E-state index contributed by atoms with van der Waals surface area (Å²) in [6.45, 7) is 4.01. The topological polar surface area (TPSA) is 64.2 Å². The van der Waals surface area contributed by atoms with E-state index in [1.807, 2.05) is 49.4 Å². The van der Waals surface area contributed by atoms with Gasteiger partial charge in [-0.2, -0.15) is 0 Å². The van der Waals surface area contributed by atoms with Crippen LogP contribution < -0.4 is 11.2 Å². The van der Waals surface area contributed by atoms with E-state index < -0.39 is 0 Å². The zero-order valence-electron chi connectivity index (χ0n) is 14.2. The average Bonchev–Trinajstić information content (AvgIpc) is 2.95. The molecule has 0 aliphatic carbocycles. The van der Waals surface area contributed by atoms with Crippen molar-refractivity contribution in [2.45, 2.75) is 26.9 Å². The minimum atomic E-state index is -0.367. The summed E-state index contributed by atoms with van der Waals surface area (Å²) < 4.78 is 2.72. The minimum Gasteiger partial charge on any atom is -0.395 e. The second-order valence-corrected chi connectivity index (χ2v) is 6.75. The van der Waals surface area contributed by atoms with Crippen LogP contribution >= 0.6 is 11.3 Å². The third-order valence-electron chi connectivity index (χ3n) is 4.20. The van der Waals surface area contributed by atoms with Crippen molar-refractivity contribution in [1.82, 2.24) is 9.13 Å². The number of aryl methyl sites for hydroxylation is 1. The largest absolute Gasteiger partial charge is 0.395 e. The van der Waals surface area contributed by atoms with Crippen molar-refractivity contribution >= 4 is 33.7 Å². The Labute approximate surface area is 149 Å². The van der Waals surface area contributed by atoms with Crippen LogP contribution in [0.3, 0.4) is 0 Å². The van der Waals surface area contributed by atoms with Gasteiger partial charge < -0.3 is 5.11 Å². The molecular weight excluding hydrogens is 336 g/mol. The van der Waals surface area contributed by atoms with Crippen molar-refractivity contribution < 1.29 is 5.11 Å². The summed E-state index contributed by atoms with van der Waals surface area (Å²) in [5, 5.41) is 9.87. The Bertz CT molecular complexity index is 1040. The van der Waals surface area contributed by atoms with Crippen molar-refractivity contribution in [1.29, 1.82) is 0 Å². The van der Waals surface area contributed by atoms with Crippen LogP contribution in [0, 0.1) is 6.92 Å². The van der Waals surface area contributed by atoms with Crippen molar-refractivity contribution in [3.63, 3.8) is 0 Å². The van der Waals surface area contributed by atoms with Crippen molar-refractivity contribution in [3.8, 4) is 0 Å². The molecule has 1 N–H and O–H groups in total. The number of thiophene rings is 1. The van der Waals surface area contributed by atoms with Gasteiger partial charge in [0.25, 0.3) is 5.56 Å². The molecule has 0 saturated carbocycles. The van der Waals surface area contributed by atoms with Gasteiger partial charge in [0.15, 0.2) is 0 Å². The van der Waals surface area contributed by atoms with Crippen LogP contribution in [0.25, 0.3) is 22.4 Å². The number of aliphatic hydroxyl groups is 1. The van der Waals surface area contributed by atoms with Crippen LogP contribution in [0.15, 0.2) is 39.9 Å². The molecule has 0 saturated heterocycles.